The van der Waals surface area contributed by atoms with Crippen molar-refractivity contribution in [2.24, 2.45) is 11.8 Å². The van der Waals surface area contributed by atoms with Crippen LogP contribution in [0.15, 0.2) is 0 Å². The molecule has 1 atom stereocenters. The van der Waals surface area contributed by atoms with Gasteiger partial charge in [0.15, 0.2) is 0 Å². The Balaban J connectivity index is 2.32. The number of aliphatic hydroxyl groups is 1. The largest absolute Gasteiger partial charge is 0.481 e. The molecule has 1 rings (SSSR count). The molecule has 1 unspecified atom stereocenters. The quantitative estimate of drug-likeness (QED) is 0.670. The summed E-state index contributed by atoms with van der Waals surface area (Å²) in [5, 5.41) is 20.7. The molecule has 0 saturated carbocycles. The van der Waals surface area contributed by atoms with E-state index in [1.165, 1.54) is 0 Å². The molecule has 110 valence electrons. The van der Waals surface area contributed by atoms with E-state index in [0.29, 0.717) is 19.5 Å². The second-order valence-electron chi connectivity index (χ2n) is 5.12. The zero-order valence-corrected chi connectivity index (χ0v) is 11.5. The Morgan fingerprint density at radius 1 is 1.37 bits per heavy atom. The SMILES string of the molecule is CCCC(CNC(=O)N1CCC(CO)CC1)C(=O)O. The molecule has 1 aliphatic heterocycles. The number of nitrogens with zero attached hydrogens (tertiary/aromatic N) is 1. The fourth-order valence-electron chi connectivity index (χ4n) is 2.30. The van der Waals surface area contributed by atoms with Crippen LogP contribution in [0.3, 0.4) is 0 Å². The Bertz CT molecular complexity index is 301. The van der Waals surface area contributed by atoms with Crippen LogP contribution in [0, 0.1) is 11.8 Å². The van der Waals surface area contributed by atoms with Crippen LogP contribution in [-0.2, 0) is 4.79 Å². The Morgan fingerprint density at radius 3 is 2.47 bits per heavy atom. The fourth-order valence-corrected chi connectivity index (χ4v) is 2.30. The summed E-state index contributed by atoms with van der Waals surface area (Å²) in [6.07, 6.45) is 2.97. The molecule has 3 N–H and O–H groups in total. The van der Waals surface area contributed by atoms with Crippen molar-refractivity contribution in [3.8, 4) is 0 Å². The molecular weight excluding hydrogens is 248 g/mol. The van der Waals surface area contributed by atoms with Crippen LogP contribution in [0.1, 0.15) is 32.6 Å². The van der Waals surface area contributed by atoms with Crippen molar-refractivity contribution < 1.29 is 19.8 Å². The summed E-state index contributed by atoms with van der Waals surface area (Å²) in [6.45, 7) is 3.54. The molecule has 6 heteroatoms. The van der Waals surface area contributed by atoms with E-state index in [1.807, 2.05) is 6.92 Å². The predicted molar refractivity (Wildman–Crippen MR) is 70.8 cm³/mol. The molecule has 0 radical (unpaired) electrons. The van der Waals surface area contributed by atoms with Crippen molar-refractivity contribution in [1.82, 2.24) is 10.2 Å². The minimum atomic E-state index is -0.860. The van der Waals surface area contributed by atoms with Crippen LogP contribution in [0.25, 0.3) is 0 Å². The molecule has 1 saturated heterocycles. The van der Waals surface area contributed by atoms with Crippen LogP contribution in [0.2, 0.25) is 0 Å². The summed E-state index contributed by atoms with van der Waals surface area (Å²) in [4.78, 5) is 24.5. The van der Waals surface area contributed by atoms with Gasteiger partial charge in [-0.3, -0.25) is 4.79 Å². The molecule has 1 fully saturated rings. The van der Waals surface area contributed by atoms with Gasteiger partial charge in [0.2, 0.25) is 0 Å². The van der Waals surface area contributed by atoms with Crippen LogP contribution in [-0.4, -0.2) is 53.4 Å². The molecule has 6 nitrogen and oxygen atoms in total. The standard InChI is InChI=1S/C13H24N2O4/c1-2-3-11(12(17)18)8-14-13(19)15-6-4-10(9-16)5-7-15/h10-11,16H,2-9H2,1H3,(H,14,19)(H,17,18). The Hall–Kier alpha value is -1.30. The van der Waals surface area contributed by atoms with Gasteiger partial charge in [-0.2, -0.15) is 0 Å². The van der Waals surface area contributed by atoms with E-state index in [-0.39, 0.29) is 25.1 Å². The number of hydrogen-bond acceptors (Lipinski definition) is 3. The Labute approximate surface area is 113 Å². The minimum Gasteiger partial charge on any atom is -0.481 e. The molecule has 2 amide bonds. The first-order valence-corrected chi connectivity index (χ1v) is 6.94. The van der Waals surface area contributed by atoms with Gasteiger partial charge in [-0.05, 0) is 25.2 Å². The first kappa shape index (κ1) is 15.8. The molecule has 19 heavy (non-hydrogen) atoms. The number of aliphatic carboxylic acids is 1. The number of amides is 2. The molecule has 1 heterocycles. The van der Waals surface area contributed by atoms with E-state index in [0.717, 1.165) is 19.3 Å². The molecule has 0 aromatic rings. The number of urea groups is 1. The summed E-state index contributed by atoms with van der Waals surface area (Å²) >= 11 is 0. The number of piperidine rings is 1. The van der Waals surface area contributed by atoms with Crippen molar-refractivity contribution in [3.05, 3.63) is 0 Å². The van der Waals surface area contributed by atoms with Gasteiger partial charge < -0.3 is 20.4 Å². The Morgan fingerprint density at radius 2 is 2.00 bits per heavy atom. The highest BCUT2D eigenvalue weighted by Crippen LogP contribution is 2.16. The summed E-state index contributed by atoms with van der Waals surface area (Å²) < 4.78 is 0. The number of rotatable bonds is 6. The molecule has 0 bridgehead atoms. The molecular formula is C13H24N2O4. The average Bonchev–Trinajstić information content (AvgIpc) is 2.42. The molecule has 1 aliphatic rings. The topological polar surface area (TPSA) is 89.9 Å². The van der Waals surface area contributed by atoms with E-state index in [9.17, 15) is 9.59 Å². The lowest BCUT2D eigenvalue weighted by atomic mass is 9.98. The first-order chi connectivity index (χ1) is 9.08. The van der Waals surface area contributed by atoms with Crippen LogP contribution in [0.5, 0.6) is 0 Å². The van der Waals surface area contributed by atoms with E-state index < -0.39 is 11.9 Å². The van der Waals surface area contributed by atoms with Gasteiger partial charge in [-0.15, -0.1) is 0 Å². The van der Waals surface area contributed by atoms with Gasteiger partial charge in [0.1, 0.15) is 0 Å². The fraction of sp³-hybridized carbons (Fsp3) is 0.846. The number of nitrogens with one attached hydrogen (secondary N) is 1. The van der Waals surface area contributed by atoms with Gasteiger partial charge in [-0.25, -0.2) is 4.79 Å². The van der Waals surface area contributed by atoms with Crippen LogP contribution >= 0.6 is 0 Å². The number of aliphatic hydroxyl groups excluding tert-OH is 1. The lowest BCUT2D eigenvalue weighted by Gasteiger charge is -2.31. The summed E-state index contributed by atoms with van der Waals surface area (Å²) in [7, 11) is 0. The number of likely N-dealkylation sites (tertiary alicyclic amines) is 1. The first-order valence-electron chi connectivity index (χ1n) is 6.94. The zero-order chi connectivity index (χ0) is 14.3. The third-order valence-corrected chi connectivity index (χ3v) is 3.65. The highest BCUT2D eigenvalue weighted by molar-refractivity contribution is 5.76. The maximum Gasteiger partial charge on any atom is 0.317 e. The second kappa shape index (κ2) is 7.99. The van der Waals surface area contributed by atoms with Gasteiger partial charge in [0.25, 0.3) is 0 Å². The normalized spacial score (nSPS) is 18.1. The smallest absolute Gasteiger partial charge is 0.317 e. The van der Waals surface area contributed by atoms with Crippen molar-refractivity contribution >= 4 is 12.0 Å². The van der Waals surface area contributed by atoms with Gasteiger partial charge >= 0.3 is 12.0 Å². The number of hydrogen-bond donors (Lipinski definition) is 3. The number of carbonyl (C=O) groups is 2. The third-order valence-electron chi connectivity index (χ3n) is 3.65. The lowest BCUT2D eigenvalue weighted by Crippen LogP contribution is -2.46. The van der Waals surface area contributed by atoms with Crippen molar-refractivity contribution in [3.63, 3.8) is 0 Å². The van der Waals surface area contributed by atoms with Gasteiger partial charge in [0.05, 0.1) is 5.92 Å². The van der Waals surface area contributed by atoms with E-state index in [4.69, 9.17) is 10.2 Å². The summed E-state index contributed by atoms with van der Waals surface area (Å²) in [5.74, 6) is -1.08. The summed E-state index contributed by atoms with van der Waals surface area (Å²) in [5.41, 5.74) is 0. The molecule has 0 aromatic heterocycles. The molecule has 0 aromatic carbocycles. The number of carbonyl (C=O) groups excluding carboxylic acids is 1. The van der Waals surface area contributed by atoms with Crippen LogP contribution in [0.4, 0.5) is 4.79 Å². The van der Waals surface area contributed by atoms with E-state index in [2.05, 4.69) is 5.32 Å². The van der Waals surface area contributed by atoms with Crippen molar-refractivity contribution in [2.75, 3.05) is 26.2 Å². The minimum absolute atomic E-state index is 0.174. The number of carboxylic acid groups (broad SMARTS) is 1. The van der Waals surface area contributed by atoms with E-state index in [1.54, 1.807) is 4.90 Å². The maximum absolute atomic E-state index is 11.9. The second-order valence-corrected chi connectivity index (χ2v) is 5.12. The van der Waals surface area contributed by atoms with Crippen molar-refractivity contribution in [1.29, 1.82) is 0 Å². The van der Waals surface area contributed by atoms with Gasteiger partial charge in [0, 0.05) is 26.2 Å². The molecule has 0 spiro atoms. The Kier molecular flexibility index (Phi) is 6.62. The lowest BCUT2D eigenvalue weighted by molar-refractivity contribution is -0.141. The zero-order valence-electron chi connectivity index (χ0n) is 11.5. The van der Waals surface area contributed by atoms with Gasteiger partial charge in [-0.1, -0.05) is 13.3 Å². The summed E-state index contributed by atoms with van der Waals surface area (Å²) in [6, 6.07) is -0.196. The molecule has 0 aliphatic carbocycles. The highest BCUT2D eigenvalue weighted by atomic mass is 16.4. The van der Waals surface area contributed by atoms with E-state index >= 15 is 0 Å². The third kappa shape index (κ3) is 5.06. The highest BCUT2D eigenvalue weighted by Gasteiger charge is 2.23. The van der Waals surface area contributed by atoms with Crippen molar-refractivity contribution in [2.45, 2.75) is 32.6 Å². The number of carboxylic acids is 1. The maximum atomic E-state index is 11.9. The monoisotopic (exact) mass is 272 g/mol. The van der Waals surface area contributed by atoms with Crippen LogP contribution < -0.4 is 5.32 Å². The predicted octanol–water partition coefficient (Wildman–Crippen LogP) is 0.901. The average molecular weight is 272 g/mol.